The molecule has 0 aliphatic carbocycles. The van der Waals surface area contributed by atoms with Crippen LogP contribution in [0.2, 0.25) is 10.0 Å². The maximum Gasteiger partial charge on any atom is 0.254 e. The number of primary amides is 1. The molecular formula is C37H45Cl2N3O5. The molecule has 0 bridgehead atoms. The first kappa shape index (κ1) is 34.9. The van der Waals surface area contributed by atoms with E-state index in [2.05, 4.69) is 12.2 Å². The largest absolute Gasteiger partial charge is 0.490 e. The van der Waals surface area contributed by atoms with Gasteiger partial charge in [0, 0.05) is 24.6 Å². The number of rotatable bonds is 12. The molecule has 2 aliphatic heterocycles. The zero-order valence-corrected chi connectivity index (χ0v) is 29.1. The predicted molar refractivity (Wildman–Crippen MR) is 186 cm³/mol. The number of nitrogens with two attached hydrogens (primary N) is 1. The second kappa shape index (κ2) is 14.8. The van der Waals surface area contributed by atoms with E-state index < -0.39 is 22.8 Å². The quantitative estimate of drug-likeness (QED) is 0.213. The van der Waals surface area contributed by atoms with Crippen molar-refractivity contribution in [2.45, 2.75) is 63.8 Å². The Bertz CT molecular complexity index is 1550. The molecule has 5 rings (SSSR count). The molecule has 3 aromatic carbocycles. The third-order valence-electron chi connectivity index (χ3n) is 9.97. The van der Waals surface area contributed by atoms with Gasteiger partial charge in [-0.25, -0.2) is 0 Å². The fraction of sp³-hybridized carbons (Fsp3) is 0.459. The van der Waals surface area contributed by atoms with Gasteiger partial charge in [-0.15, -0.1) is 0 Å². The van der Waals surface area contributed by atoms with Gasteiger partial charge < -0.3 is 30.2 Å². The summed E-state index contributed by atoms with van der Waals surface area (Å²) in [6.45, 7) is 10.7. The molecule has 2 saturated heterocycles. The molecule has 2 fully saturated rings. The van der Waals surface area contributed by atoms with E-state index in [1.54, 1.807) is 18.2 Å². The lowest BCUT2D eigenvalue weighted by molar-refractivity contribution is -0.131. The minimum absolute atomic E-state index is 0.000867. The monoisotopic (exact) mass is 681 g/mol. The maximum atomic E-state index is 15.1. The van der Waals surface area contributed by atoms with Crippen LogP contribution in [0, 0.1) is 5.92 Å². The van der Waals surface area contributed by atoms with E-state index in [0.717, 1.165) is 24.1 Å². The first-order chi connectivity index (χ1) is 22.7. The third-order valence-corrected chi connectivity index (χ3v) is 10.7. The Morgan fingerprint density at radius 3 is 2.11 bits per heavy atom. The molecule has 2 amide bonds. The van der Waals surface area contributed by atoms with Crippen LogP contribution in [0.5, 0.6) is 17.2 Å². The van der Waals surface area contributed by atoms with Gasteiger partial charge in [0.25, 0.3) is 5.91 Å². The van der Waals surface area contributed by atoms with Gasteiger partial charge in [0.2, 0.25) is 11.7 Å². The normalized spacial score (nSPS) is 24.2. The van der Waals surface area contributed by atoms with Gasteiger partial charge in [-0.2, -0.15) is 0 Å². The Kier molecular flexibility index (Phi) is 10.9. The SMILES string of the molecule is CCOc1cc(C(=O)N2CCC(C(N)=O)(c3ccccc3)C(c3ccc(Cl)c(Cl)c3)C2(CC)C2CCNC2)cc(OCC)c1OCC. The molecule has 4 unspecified atom stereocenters. The number of carbonyl (C=O) groups excluding carboxylic acids is 2. The minimum atomic E-state index is -1.14. The fourth-order valence-electron chi connectivity index (χ4n) is 8.12. The second-order valence-electron chi connectivity index (χ2n) is 12.2. The smallest absolute Gasteiger partial charge is 0.254 e. The highest BCUT2D eigenvalue weighted by Crippen LogP contribution is 2.59. The summed E-state index contributed by atoms with van der Waals surface area (Å²) < 4.78 is 17.9. The van der Waals surface area contributed by atoms with Crippen molar-refractivity contribution in [3.8, 4) is 17.2 Å². The summed E-state index contributed by atoms with van der Waals surface area (Å²) in [7, 11) is 0. The molecule has 10 heteroatoms. The van der Waals surface area contributed by atoms with Gasteiger partial charge in [-0.05, 0) is 87.9 Å². The van der Waals surface area contributed by atoms with E-state index in [-0.39, 0.29) is 11.8 Å². The van der Waals surface area contributed by atoms with Crippen molar-refractivity contribution >= 4 is 35.0 Å². The third kappa shape index (κ3) is 6.16. The summed E-state index contributed by atoms with van der Waals surface area (Å²) in [4.78, 5) is 31.2. The molecule has 0 spiro atoms. The number of ether oxygens (including phenoxy) is 3. The van der Waals surface area contributed by atoms with Gasteiger partial charge >= 0.3 is 0 Å². The molecule has 252 valence electrons. The number of carbonyl (C=O) groups is 2. The molecule has 47 heavy (non-hydrogen) atoms. The van der Waals surface area contributed by atoms with E-state index >= 15 is 4.79 Å². The highest BCUT2D eigenvalue weighted by atomic mass is 35.5. The highest BCUT2D eigenvalue weighted by molar-refractivity contribution is 6.42. The molecule has 0 aromatic heterocycles. The Morgan fingerprint density at radius 1 is 0.915 bits per heavy atom. The van der Waals surface area contributed by atoms with E-state index in [9.17, 15) is 4.79 Å². The van der Waals surface area contributed by atoms with Crippen LogP contribution in [0.1, 0.15) is 74.4 Å². The molecule has 0 saturated carbocycles. The first-order valence-electron chi connectivity index (χ1n) is 16.6. The zero-order valence-electron chi connectivity index (χ0n) is 27.6. The fourth-order valence-corrected chi connectivity index (χ4v) is 8.43. The van der Waals surface area contributed by atoms with Crippen molar-refractivity contribution in [1.82, 2.24) is 10.2 Å². The van der Waals surface area contributed by atoms with Crippen LogP contribution in [0.25, 0.3) is 0 Å². The van der Waals surface area contributed by atoms with Crippen molar-refractivity contribution in [2.24, 2.45) is 11.7 Å². The summed E-state index contributed by atoms with van der Waals surface area (Å²) in [5.41, 5.74) is 6.58. The maximum absolute atomic E-state index is 15.1. The lowest BCUT2D eigenvalue weighted by Gasteiger charge is -2.61. The number of piperidine rings is 1. The van der Waals surface area contributed by atoms with E-state index in [1.165, 1.54) is 0 Å². The topological polar surface area (TPSA) is 103 Å². The van der Waals surface area contributed by atoms with Crippen molar-refractivity contribution in [1.29, 1.82) is 0 Å². The van der Waals surface area contributed by atoms with Crippen molar-refractivity contribution in [3.63, 3.8) is 0 Å². The van der Waals surface area contributed by atoms with Crippen LogP contribution < -0.4 is 25.3 Å². The molecule has 0 radical (unpaired) electrons. The zero-order chi connectivity index (χ0) is 33.8. The van der Waals surface area contributed by atoms with Crippen molar-refractivity contribution < 1.29 is 23.8 Å². The summed E-state index contributed by atoms with van der Waals surface area (Å²) in [6, 6.07) is 18.7. The Balaban J connectivity index is 1.79. The van der Waals surface area contributed by atoms with Gasteiger partial charge in [0.15, 0.2) is 11.5 Å². The van der Waals surface area contributed by atoms with Crippen LogP contribution in [-0.2, 0) is 10.2 Å². The number of nitrogens with one attached hydrogen (secondary N) is 1. The predicted octanol–water partition coefficient (Wildman–Crippen LogP) is 7.00. The molecule has 3 N–H and O–H groups in total. The van der Waals surface area contributed by atoms with E-state index in [0.29, 0.717) is 78.6 Å². The van der Waals surface area contributed by atoms with E-state index in [1.807, 2.05) is 68.1 Å². The number of hydrogen-bond donors (Lipinski definition) is 2. The molecule has 2 aliphatic rings. The molecule has 4 atom stereocenters. The van der Waals surface area contributed by atoms with Gasteiger partial charge in [0.1, 0.15) is 0 Å². The Labute approximate surface area is 287 Å². The van der Waals surface area contributed by atoms with Crippen molar-refractivity contribution in [3.05, 3.63) is 87.4 Å². The minimum Gasteiger partial charge on any atom is -0.490 e. The van der Waals surface area contributed by atoms with Gasteiger partial charge in [-0.1, -0.05) is 66.5 Å². The lowest BCUT2D eigenvalue weighted by Crippen LogP contribution is -2.70. The first-order valence-corrected chi connectivity index (χ1v) is 17.3. The molecular weight excluding hydrogens is 637 g/mol. The standard InChI is InChI=1S/C37H45Cl2N3O5/c1-5-37(27-16-18-41-23-27)33(24-14-15-28(38)29(39)20-24)36(35(40)44,26-12-10-9-11-13-26)17-19-42(37)34(43)25-21-30(45-6-2)32(47-8-4)31(22-25)46-7-3/h9-15,20-22,27,33,41H,5-8,16-19,23H2,1-4H3,(H2,40,44). The average Bonchev–Trinajstić information content (AvgIpc) is 3.62. The average molecular weight is 683 g/mol. The number of halogens is 2. The molecule has 2 heterocycles. The Hall–Kier alpha value is -3.46. The molecule has 3 aromatic rings. The van der Waals surface area contributed by atoms with Crippen LogP contribution in [0.3, 0.4) is 0 Å². The summed E-state index contributed by atoms with van der Waals surface area (Å²) in [5, 5.41) is 4.32. The highest BCUT2D eigenvalue weighted by Gasteiger charge is 2.64. The number of likely N-dealkylation sites (tertiary alicyclic amines) is 1. The summed E-state index contributed by atoms with van der Waals surface area (Å²) in [6.07, 6.45) is 1.70. The lowest BCUT2D eigenvalue weighted by atomic mass is 9.51. The van der Waals surface area contributed by atoms with Crippen LogP contribution in [-0.4, -0.2) is 61.7 Å². The number of benzene rings is 3. The molecule has 8 nitrogen and oxygen atoms in total. The summed E-state index contributed by atoms with van der Waals surface area (Å²) >= 11 is 13.1. The number of amides is 2. The summed E-state index contributed by atoms with van der Waals surface area (Å²) in [5.74, 6) is 0.202. The van der Waals surface area contributed by atoms with Crippen LogP contribution in [0.15, 0.2) is 60.7 Å². The van der Waals surface area contributed by atoms with Crippen LogP contribution >= 0.6 is 23.2 Å². The van der Waals surface area contributed by atoms with E-state index in [4.69, 9.17) is 43.1 Å². The van der Waals surface area contributed by atoms with Crippen molar-refractivity contribution in [2.75, 3.05) is 39.5 Å². The van der Waals surface area contributed by atoms with Crippen LogP contribution in [0.4, 0.5) is 0 Å². The second-order valence-corrected chi connectivity index (χ2v) is 13.0. The number of hydrogen-bond acceptors (Lipinski definition) is 6. The Morgan fingerprint density at radius 2 is 1.57 bits per heavy atom. The number of nitrogens with zero attached hydrogens (tertiary/aromatic N) is 1. The van der Waals surface area contributed by atoms with Gasteiger partial charge in [0.05, 0.1) is 40.8 Å². The van der Waals surface area contributed by atoms with Gasteiger partial charge in [-0.3, -0.25) is 9.59 Å².